The van der Waals surface area contributed by atoms with E-state index in [0.717, 1.165) is 40.9 Å². The zero-order chi connectivity index (χ0) is 18.7. The van der Waals surface area contributed by atoms with E-state index >= 15 is 0 Å². The minimum Gasteiger partial charge on any atom is -0.346 e. The van der Waals surface area contributed by atoms with E-state index in [4.69, 9.17) is 0 Å². The van der Waals surface area contributed by atoms with Gasteiger partial charge in [-0.1, -0.05) is 12.1 Å². The number of aromatic nitrogens is 4. The summed E-state index contributed by atoms with van der Waals surface area (Å²) in [6, 6.07) is 7.34. The first-order chi connectivity index (χ1) is 12.6. The van der Waals surface area contributed by atoms with Crippen molar-refractivity contribution >= 4 is 11.6 Å². The number of H-pyrrole nitrogens is 1. The Kier molecular flexibility index (Phi) is 6.91. The van der Waals surface area contributed by atoms with Gasteiger partial charge in [0.15, 0.2) is 5.69 Å². The van der Waals surface area contributed by atoms with Crippen molar-refractivity contribution in [3.63, 3.8) is 0 Å². The van der Waals surface area contributed by atoms with Gasteiger partial charge in [-0.25, -0.2) is 9.97 Å². The fourth-order valence-electron chi connectivity index (χ4n) is 2.91. The number of nitrogens with zero attached hydrogens (tertiary/aromatic N) is 3. The van der Waals surface area contributed by atoms with Crippen LogP contribution in [0.2, 0.25) is 0 Å². The fourth-order valence-corrected chi connectivity index (χ4v) is 2.91. The molecule has 27 heavy (non-hydrogen) atoms. The van der Waals surface area contributed by atoms with Crippen molar-refractivity contribution in [2.24, 2.45) is 0 Å². The minimum absolute atomic E-state index is 0. The molecule has 0 fully saturated rings. The Bertz CT molecular complexity index is 934. The molecule has 0 saturated heterocycles. The van der Waals surface area contributed by atoms with Gasteiger partial charge in [0.05, 0.1) is 11.3 Å². The van der Waals surface area contributed by atoms with Crippen molar-refractivity contribution < 1.29 is 25.9 Å². The second kappa shape index (κ2) is 8.96. The maximum absolute atomic E-state index is 12.7. The molecule has 0 saturated carbocycles. The summed E-state index contributed by atoms with van der Waals surface area (Å²) in [5, 5.41) is 10.1. The molecular weight excluding hydrogens is 510 g/mol. The number of hydrogen-bond donors (Lipinski definition) is 2. The zero-order valence-electron chi connectivity index (χ0n) is 15.4. The smallest absolute Gasteiger partial charge is 0.346 e. The Balaban J connectivity index is 0.000000844. The van der Waals surface area contributed by atoms with Crippen molar-refractivity contribution in [3.8, 4) is 11.3 Å². The first kappa shape index (κ1) is 20.8. The summed E-state index contributed by atoms with van der Waals surface area (Å²) in [6.45, 7) is 10.7. The van der Waals surface area contributed by atoms with Crippen molar-refractivity contribution in [1.29, 1.82) is 0 Å². The van der Waals surface area contributed by atoms with E-state index in [1.54, 1.807) is 6.92 Å². The summed E-state index contributed by atoms with van der Waals surface area (Å²) in [5.74, 6) is 0.425. The summed E-state index contributed by atoms with van der Waals surface area (Å²) in [4.78, 5) is 21.5. The maximum Gasteiger partial charge on any atom is 2.00 e. The molecule has 2 aromatic heterocycles. The molecule has 7 heteroatoms. The number of aromatic amines is 1. The van der Waals surface area contributed by atoms with Gasteiger partial charge in [0.2, 0.25) is 0 Å². The first-order valence-corrected chi connectivity index (χ1v) is 8.46. The van der Waals surface area contributed by atoms with Crippen molar-refractivity contribution in [2.45, 2.75) is 26.7 Å². The van der Waals surface area contributed by atoms with Gasteiger partial charge in [-0.3, -0.25) is 9.89 Å². The van der Waals surface area contributed by atoms with Crippen molar-refractivity contribution in [3.05, 3.63) is 72.6 Å². The molecule has 0 unspecified atom stereocenters. The van der Waals surface area contributed by atoms with E-state index in [1.165, 1.54) is 0 Å². The third-order valence-corrected chi connectivity index (χ3v) is 4.13. The Hall–Kier alpha value is -2.46. The van der Waals surface area contributed by atoms with Crippen LogP contribution in [0.5, 0.6) is 0 Å². The van der Waals surface area contributed by atoms with E-state index in [1.807, 2.05) is 37.4 Å². The van der Waals surface area contributed by atoms with Crippen LogP contribution < -0.4 is 5.32 Å². The van der Waals surface area contributed by atoms with Gasteiger partial charge in [0.1, 0.15) is 5.82 Å². The average Bonchev–Trinajstić information content (AvgIpc) is 3.10. The molecule has 0 spiro atoms. The van der Waals surface area contributed by atoms with E-state index in [0.29, 0.717) is 17.2 Å². The second-order valence-electron chi connectivity index (χ2n) is 5.87. The molecule has 1 aliphatic carbocycles. The van der Waals surface area contributed by atoms with Crippen LogP contribution in [0.25, 0.3) is 11.3 Å². The molecule has 138 valence electrons. The summed E-state index contributed by atoms with van der Waals surface area (Å²) < 4.78 is 0. The number of hydrogen-bond acceptors (Lipinski definition) is 4. The van der Waals surface area contributed by atoms with Crippen LogP contribution in [0, 0.1) is 20.8 Å². The zero-order valence-corrected chi connectivity index (χ0v) is 18.3. The SMILES string of the molecule is [CH2-]C.[CH2-]c1ccc(NC(=O)c2n[nH]c3c2-c2nc(C)ncc2CC3)cc1.[W+2]. The molecule has 0 radical (unpaired) electrons. The number of fused-ring (bicyclic) bond motifs is 3. The molecule has 1 aliphatic rings. The first-order valence-electron chi connectivity index (χ1n) is 8.46. The van der Waals surface area contributed by atoms with Crippen LogP contribution in [0.1, 0.15) is 40.1 Å². The van der Waals surface area contributed by atoms with E-state index < -0.39 is 0 Å². The summed E-state index contributed by atoms with van der Waals surface area (Å²) in [5.41, 5.74) is 5.54. The third-order valence-electron chi connectivity index (χ3n) is 4.13. The summed E-state index contributed by atoms with van der Waals surface area (Å²) in [7, 11) is 0. The molecule has 3 aromatic rings. The normalized spacial score (nSPS) is 11.2. The van der Waals surface area contributed by atoms with Crippen LogP contribution >= 0.6 is 0 Å². The minimum atomic E-state index is -0.256. The predicted octanol–water partition coefficient (Wildman–Crippen LogP) is 3.55. The van der Waals surface area contributed by atoms with Gasteiger partial charge in [0.25, 0.3) is 5.91 Å². The van der Waals surface area contributed by atoms with Crippen molar-refractivity contribution in [1.82, 2.24) is 20.2 Å². The predicted molar refractivity (Wildman–Crippen MR) is 102 cm³/mol. The molecule has 4 rings (SSSR count). The van der Waals surface area contributed by atoms with E-state index in [-0.39, 0.29) is 27.0 Å². The van der Waals surface area contributed by atoms with Crippen LogP contribution in [-0.4, -0.2) is 26.1 Å². The number of nitrogens with one attached hydrogen (secondary N) is 2. The van der Waals surface area contributed by atoms with Crippen molar-refractivity contribution in [2.75, 3.05) is 5.32 Å². The van der Waals surface area contributed by atoms with Gasteiger partial charge in [-0.15, -0.1) is 0 Å². The molecule has 6 nitrogen and oxygen atoms in total. The quantitative estimate of drug-likeness (QED) is 0.496. The Morgan fingerprint density at radius 2 is 1.89 bits per heavy atom. The molecule has 2 N–H and O–H groups in total. The van der Waals surface area contributed by atoms with Gasteiger partial charge in [-0.2, -0.15) is 36.6 Å². The van der Waals surface area contributed by atoms with E-state index in [9.17, 15) is 4.79 Å². The number of benzene rings is 1. The van der Waals surface area contributed by atoms with Gasteiger partial charge in [-0.05, 0) is 25.3 Å². The third kappa shape index (κ3) is 4.28. The van der Waals surface area contributed by atoms with Gasteiger partial charge >= 0.3 is 21.1 Å². The number of carbonyl (C=O) groups excluding carboxylic acids is 1. The fraction of sp³-hybridized carbons (Fsp3) is 0.200. The van der Waals surface area contributed by atoms with Crippen LogP contribution in [0.15, 0.2) is 30.5 Å². The van der Waals surface area contributed by atoms with E-state index in [2.05, 4.69) is 39.3 Å². The summed E-state index contributed by atoms with van der Waals surface area (Å²) in [6.07, 6.45) is 3.48. The van der Waals surface area contributed by atoms with Crippen LogP contribution in [0.3, 0.4) is 0 Å². The Morgan fingerprint density at radius 1 is 1.19 bits per heavy atom. The average molecular weight is 531 g/mol. The second-order valence-corrected chi connectivity index (χ2v) is 5.87. The maximum atomic E-state index is 12.7. The number of amides is 1. The number of anilines is 1. The van der Waals surface area contributed by atoms with Crippen LogP contribution in [-0.2, 0) is 33.9 Å². The molecule has 0 bridgehead atoms. The number of rotatable bonds is 2. The Labute approximate surface area is 173 Å². The van der Waals surface area contributed by atoms with Gasteiger partial charge in [0, 0.05) is 17.6 Å². The molecular formula is C20H21N5OW. The Morgan fingerprint density at radius 3 is 2.59 bits per heavy atom. The number of aryl methyl sites for hydroxylation is 3. The molecule has 0 atom stereocenters. The monoisotopic (exact) mass is 531 g/mol. The molecule has 2 heterocycles. The molecule has 1 amide bonds. The van der Waals surface area contributed by atoms with Crippen LogP contribution in [0.4, 0.5) is 5.69 Å². The largest absolute Gasteiger partial charge is 2.00 e. The topological polar surface area (TPSA) is 83.6 Å². The molecule has 0 aliphatic heterocycles. The number of carbonyl (C=O) groups is 1. The molecule has 1 aromatic carbocycles. The standard InChI is InChI=1S/C18H16N5O.C2H5.W/c1-10-3-6-13(7-4-10)21-18(24)17-15-14(22-23-17)8-5-12-9-19-11(2)20-16(12)15;1-2;/h3-4,6-7,9H,1,5,8H2,2H3,(H,21,24)(H,22,23);1H2,2H3;/q2*-1;+2. The summed E-state index contributed by atoms with van der Waals surface area (Å²) >= 11 is 0. The van der Waals surface area contributed by atoms with Gasteiger partial charge < -0.3 is 12.2 Å².